The molecule has 0 aliphatic heterocycles. The van der Waals surface area contributed by atoms with Crippen molar-refractivity contribution in [1.29, 1.82) is 0 Å². The highest BCUT2D eigenvalue weighted by Gasteiger charge is 2.26. The number of furan rings is 1. The van der Waals surface area contributed by atoms with Gasteiger partial charge in [0, 0.05) is 63.9 Å². The predicted molar refractivity (Wildman–Crippen MR) is 282 cm³/mol. The van der Waals surface area contributed by atoms with Crippen LogP contribution in [0.5, 0.6) is 0 Å². The summed E-state index contributed by atoms with van der Waals surface area (Å²) in [4.78, 5) is 2.53. The summed E-state index contributed by atoms with van der Waals surface area (Å²) in [6.45, 7) is 0. The molecule has 0 amide bonds. The highest BCUT2D eigenvalue weighted by molar-refractivity contribution is 7.26. The first-order valence-electron chi connectivity index (χ1n) is 22.5. The molecule has 0 N–H and O–H groups in total. The fourth-order valence-electron chi connectivity index (χ4n) is 10.7. The Morgan fingerprint density at radius 1 is 0.379 bits per heavy atom. The Labute approximate surface area is 384 Å². The van der Waals surface area contributed by atoms with Gasteiger partial charge in [0.25, 0.3) is 0 Å². The van der Waals surface area contributed by atoms with Gasteiger partial charge >= 0.3 is 0 Å². The minimum absolute atomic E-state index is 0.888. The minimum Gasteiger partial charge on any atom is -0.455 e. The van der Waals surface area contributed by atoms with E-state index in [4.69, 9.17) is 4.42 Å². The van der Waals surface area contributed by atoms with E-state index in [1.54, 1.807) is 0 Å². The Morgan fingerprint density at radius 3 is 1.83 bits per heavy atom. The Kier molecular flexibility index (Phi) is 8.15. The number of nitrogens with zero attached hydrogens (tertiary/aromatic N) is 2. The third-order valence-corrected chi connectivity index (χ3v) is 14.8. The monoisotopic (exact) mass is 858 g/mol. The molecule has 0 spiro atoms. The number of rotatable bonds is 6. The highest BCUT2D eigenvalue weighted by atomic mass is 32.1. The van der Waals surface area contributed by atoms with E-state index in [1.807, 2.05) is 17.4 Å². The van der Waals surface area contributed by atoms with E-state index < -0.39 is 0 Å². The summed E-state index contributed by atoms with van der Waals surface area (Å²) in [5.41, 5.74) is 13.2. The molecule has 3 nitrogen and oxygen atoms in total. The Morgan fingerprint density at radius 2 is 1.00 bits per heavy atom. The fourth-order valence-corrected chi connectivity index (χ4v) is 12.0. The molecule has 66 heavy (non-hydrogen) atoms. The summed E-state index contributed by atoms with van der Waals surface area (Å²) < 4.78 is 11.7. The van der Waals surface area contributed by atoms with Gasteiger partial charge in [-0.3, -0.25) is 0 Å². The largest absolute Gasteiger partial charge is 0.455 e. The van der Waals surface area contributed by atoms with Gasteiger partial charge in [-0.2, -0.15) is 0 Å². The molecule has 3 aromatic heterocycles. The van der Waals surface area contributed by atoms with Crippen molar-refractivity contribution in [2.45, 2.75) is 0 Å². The molecule has 4 heteroatoms. The Hall–Kier alpha value is -8.44. The maximum Gasteiger partial charge on any atom is 0.143 e. The number of para-hydroxylation sites is 5. The van der Waals surface area contributed by atoms with Crippen LogP contribution < -0.4 is 4.90 Å². The lowest BCUT2D eigenvalue weighted by molar-refractivity contribution is 0.670. The minimum atomic E-state index is 0.888. The number of hydrogen-bond donors (Lipinski definition) is 0. The number of anilines is 3. The summed E-state index contributed by atoms with van der Waals surface area (Å²) >= 11 is 1.88. The molecule has 11 aromatic carbocycles. The van der Waals surface area contributed by atoms with Crippen LogP contribution in [0.1, 0.15) is 0 Å². The van der Waals surface area contributed by atoms with Crippen molar-refractivity contribution < 1.29 is 4.42 Å². The van der Waals surface area contributed by atoms with Gasteiger partial charge in [-0.1, -0.05) is 176 Å². The van der Waals surface area contributed by atoms with Gasteiger partial charge in [-0.05, 0) is 81.9 Å². The zero-order chi connectivity index (χ0) is 43.3. The van der Waals surface area contributed by atoms with Crippen LogP contribution >= 0.6 is 11.3 Å². The van der Waals surface area contributed by atoms with Gasteiger partial charge in [0.1, 0.15) is 11.2 Å². The van der Waals surface area contributed by atoms with Gasteiger partial charge in [0.15, 0.2) is 0 Å². The average Bonchev–Trinajstić information content (AvgIpc) is 4.07. The average molecular weight is 859 g/mol. The second kappa shape index (κ2) is 14.5. The third kappa shape index (κ3) is 5.49. The molecule has 0 fully saturated rings. The third-order valence-electron chi connectivity index (χ3n) is 13.6. The molecular weight excluding hydrogens is 821 g/mol. The SMILES string of the molecule is c1cc(-c2ccc(N(c3ccccc3-c3cccc4c3oc3ccccc34)c3cc4ccccc4c4ccccc34)c3c2sc2ccccc23)cc(-n2c3ccccc3c3ccccc32)c1. The van der Waals surface area contributed by atoms with Crippen LogP contribution in [0, 0.1) is 0 Å². The Balaban J connectivity index is 1.06. The van der Waals surface area contributed by atoms with E-state index in [1.165, 1.54) is 74.6 Å². The fraction of sp³-hybridized carbons (Fsp3) is 0. The quantitative estimate of drug-likeness (QED) is 0.155. The molecule has 0 atom stereocenters. The van der Waals surface area contributed by atoms with E-state index in [0.29, 0.717) is 0 Å². The number of fused-ring (bicyclic) bond motifs is 12. The van der Waals surface area contributed by atoms with Crippen molar-refractivity contribution in [3.63, 3.8) is 0 Å². The first-order chi connectivity index (χ1) is 32.8. The van der Waals surface area contributed by atoms with Gasteiger partial charge in [0.05, 0.1) is 28.1 Å². The molecule has 0 radical (unpaired) electrons. The lowest BCUT2D eigenvalue weighted by atomic mass is 9.95. The maximum atomic E-state index is 6.76. The molecule has 14 aromatic rings. The molecule has 14 rings (SSSR count). The summed E-state index contributed by atoms with van der Waals surface area (Å²) in [5.74, 6) is 0. The second-order valence-electron chi connectivity index (χ2n) is 17.2. The van der Waals surface area contributed by atoms with Crippen LogP contribution in [0.15, 0.2) is 235 Å². The highest BCUT2D eigenvalue weighted by Crippen LogP contribution is 2.52. The summed E-state index contributed by atoms with van der Waals surface area (Å²) in [5, 5.41) is 12.0. The first kappa shape index (κ1) is 37.0. The molecular formula is C62H38N2OS. The summed E-state index contributed by atoms with van der Waals surface area (Å²) in [6.07, 6.45) is 0. The number of hydrogen-bond acceptors (Lipinski definition) is 3. The van der Waals surface area contributed by atoms with Crippen molar-refractivity contribution in [2.24, 2.45) is 0 Å². The summed E-state index contributed by atoms with van der Waals surface area (Å²) in [7, 11) is 0. The molecule has 0 aliphatic rings. The van der Waals surface area contributed by atoms with Gasteiger partial charge in [0.2, 0.25) is 0 Å². The molecule has 3 heterocycles. The maximum absolute atomic E-state index is 6.76. The van der Waals surface area contributed by atoms with Crippen molar-refractivity contribution in [3.8, 4) is 27.9 Å². The van der Waals surface area contributed by atoms with Crippen LogP contribution in [-0.2, 0) is 0 Å². The van der Waals surface area contributed by atoms with E-state index in [0.717, 1.165) is 55.8 Å². The van der Waals surface area contributed by atoms with Crippen molar-refractivity contribution in [2.75, 3.05) is 4.90 Å². The Bertz CT molecular complexity index is 4210. The van der Waals surface area contributed by atoms with Crippen molar-refractivity contribution in [3.05, 3.63) is 231 Å². The molecule has 0 unspecified atom stereocenters. The topological polar surface area (TPSA) is 21.3 Å². The van der Waals surface area contributed by atoms with Crippen LogP contribution in [0.3, 0.4) is 0 Å². The lowest BCUT2D eigenvalue weighted by Crippen LogP contribution is -2.12. The van der Waals surface area contributed by atoms with Gasteiger partial charge < -0.3 is 13.9 Å². The van der Waals surface area contributed by atoms with E-state index in [2.05, 4.69) is 234 Å². The molecule has 0 aliphatic carbocycles. The number of aromatic nitrogens is 1. The molecule has 0 bridgehead atoms. The van der Waals surface area contributed by atoms with Crippen molar-refractivity contribution in [1.82, 2.24) is 4.57 Å². The lowest BCUT2D eigenvalue weighted by Gasteiger charge is -2.30. The van der Waals surface area contributed by atoms with E-state index >= 15 is 0 Å². The first-order valence-corrected chi connectivity index (χ1v) is 23.3. The van der Waals surface area contributed by atoms with Crippen molar-refractivity contribution >= 4 is 114 Å². The van der Waals surface area contributed by atoms with Gasteiger partial charge in [-0.15, -0.1) is 11.3 Å². The zero-order valence-electron chi connectivity index (χ0n) is 35.7. The van der Waals surface area contributed by atoms with Gasteiger partial charge in [-0.25, -0.2) is 0 Å². The number of thiophene rings is 1. The van der Waals surface area contributed by atoms with Crippen LogP contribution in [-0.4, -0.2) is 4.57 Å². The number of benzene rings is 11. The van der Waals surface area contributed by atoms with E-state index in [-0.39, 0.29) is 0 Å². The molecule has 0 saturated heterocycles. The normalized spacial score (nSPS) is 11.9. The molecule has 0 saturated carbocycles. The second-order valence-corrected chi connectivity index (χ2v) is 18.2. The molecule has 308 valence electrons. The summed E-state index contributed by atoms with van der Waals surface area (Å²) in [6, 6.07) is 84.0. The standard InChI is InChI=1S/C62H38N2OS/c1-2-20-42-40(17-1)38-57(45-22-4-3-21-44(42)45)64(55-32-12-7-25-48(55)50-28-16-29-51-49-26-8-13-33-58(49)65-61(50)51)56-36-35-43(62-60(56)52-27-9-14-34-59(52)66-62)39-18-15-19-41(37-39)63-53-30-10-5-23-46(53)47-24-6-11-31-54(47)63/h1-38H. The smallest absolute Gasteiger partial charge is 0.143 e. The van der Waals surface area contributed by atoms with Crippen LogP contribution in [0.4, 0.5) is 17.1 Å². The predicted octanol–water partition coefficient (Wildman–Crippen LogP) is 18.2. The van der Waals surface area contributed by atoms with E-state index in [9.17, 15) is 0 Å². The van der Waals surface area contributed by atoms with Crippen LogP contribution in [0.25, 0.3) is 113 Å². The van der Waals surface area contributed by atoms with Crippen LogP contribution in [0.2, 0.25) is 0 Å². The zero-order valence-corrected chi connectivity index (χ0v) is 36.5.